The Morgan fingerprint density at radius 1 is 1.02 bits per heavy atom. The van der Waals surface area contributed by atoms with Crippen LogP contribution in [0.15, 0.2) is 66.7 Å². The van der Waals surface area contributed by atoms with E-state index in [4.69, 9.17) is 34.5 Å². The van der Waals surface area contributed by atoms with Crippen LogP contribution < -0.4 is 73.8 Å². The summed E-state index contributed by atoms with van der Waals surface area (Å²) in [7, 11) is 0. The molecule has 0 bridgehead atoms. The summed E-state index contributed by atoms with van der Waals surface area (Å²) in [5, 5.41) is 35.6. The smallest absolute Gasteiger partial charge is 1.00 e. The van der Waals surface area contributed by atoms with E-state index < -0.39 is 12.2 Å². The maximum Gasteiger partial charge on any atom is 1.00 e. The number of halogens is 2. The van der Waals surface area contributed by atoms with Crippen LogP contribution in [0.2, 0.25) is 0 Å². The van der Waals surface area contributed by atoms with E-state index in [9.17, 15) is 13.9 Å². The van der Waals surface area contributed by atoms with Crippen molar-refractivity contribution in [1.82, 2.24) is 0 Å². The van der Waals surface area contributed by atoms with Crippen molar-refractivity contribution in [2.45, 2.75) is 70.6 Å². The molecule has 0 aromatic heterocycles. The molecule has 0 aliphatic carbocycles. The number of fused-ring (bicyclic) bond motifs is 1. The Morgan fingerprint density at radius 3 is 2.27 bits per heavy atom. The number of carbonyl (C=O) groups is 1. The number of aliphatic hydroxyl groups is 3. The molecular formula is C32H40F2Na2O9. The number of hydrogen-bond acceptors (Lipinski definition) is 9. The fourth-order valence-corrected chi connectivity index (χ4v) is 4.28. The molecule has 5 rings (SSSR count). The molecule has 0 amide bonds. The molecule has 9 nitrogen and oxygen atoms in total. The maximum atomic E-state index is 13.5. The van der Waals surface area contributed by atoms with Crippen molar-refractivity contribution in [3.05, 3.63) is 95.1 Å². The van der Waals surface area contributed by atoms with Gasteiger partial charge in [0.1, 0.15) is 48.1 Å². The van der Waals surface area contributed by atoms with E-state index in [1.807, 2.05) is 44.2 Å². The zero-order valence-corrected chi connectivity index (χ0v) is 30.2. The molecular weight excluding hydrogens is 612 g/mol. The first-order chi connectivity index (χ1) is 20.9. The van der Waals surface area contributed by atoms with Gasteiger partial charge in [0.15, 0.2) is 0 Å². The SMILES string of the molecule is CC.O=CO[O-].OCC(O)C1CCc2cc(F)ccc2O1.OCC1OC1CCc1cc(F)ccc1OCc1ccccc1.[H-].[Na+].[Na+]. The number of aryl methyl sites for hydroxylation is 2. The van der Waals surface area contributed by atoms with Crippen LogP contribution in [0.5, 0.6) is 11.5 Å². The third-order valence-electron chi connectivity index (χ3n) is 6.48. The van der Waals surface area contributed by atoms with Gasteiger partial charge < -0.3 is 41.1 Å². The Hall–Kier alpha value is -1.61. The second kappa shape index (κ2) is 24.5. The Morgan fingerprint density at radius 2 is 1.67 bits per heavy atom. The van der Waals surface area contributed by atoms with Gasteiger partial charge in [-0.15, -0.1) is 0 Å². The first-order valence-electron chi connectivity index (χ1n) is 14.1. The number of carbonyl (C=O) groups excluding carboxylic acids is 1. The Kier molecular flexibility index (Phi) is 23.7. The van der Waals surface area contributed by atoms with Gasteiger partial charge in [0.05, 0.1) is 19.3 Å². The van der Waals surface area contributed by atoms with E-state index in [0.717, 1.165) is 23.1 Å². The van der Waals surface area contributed by atoms with Crippen LogP contribution in [-0.2, 0) is 33.9 Å². The predicted molar refractivity (Wildman–Crippen MR) is 153 cm³/mol. The Bertz CT molecular complexity index is 1230. The predicted octanol–water partition coefficient (Wildman–Crippen LogP) is -2.45. The summed E-state index contributed by atoms with van der Waals surface area (Å²) in [5.74, 6) is 0.752. The summed E-state index contributed by atoms with van der Waals surface area (Å²) in [4.78, 5) is 11.2. The second-order valence-electron chi connectivity index (χ2n) is 9.35. The van der Waals surface area contributed by atoms with Crippen molar-refractivity contribution in [2.24, 2.45) is 0 Å². The van der Waals surface area contributed by atoms with Gasteiger partial charge >= 0.3 is 59.1 Å². The van der Waals surface area contributed by atoms with Gasteiger partial charge in [0.25, 0.3) is 6.47 Å². The topological polar surface area (TPSA) is 141 Å². The van der Waals surface area contributed by atoms with Crippen LogP contribution >= 0.6 is 0 Å². The van der Waals surface area contributed by atoms with Gasteiger partial charge in [-0.2, -0.15) is 0 Å². The molecule has 2 aliphatic heterocycles. The molecule has 0 spiro atoms. The first kappa shape index (κ1) is 43.4. The third kappa shape index (κ3) is 15.7. The standard InChI is InChI=1S/C18H19FO3.C11H13FO3.C2H6.CH2O3.2Na.H/c19-15-7-9-16(21-12-13-4-2-1-3-5-13)14(10-15)6-8-17-18(11-20)22-17;12-8-2-4-10-7(5-8)1-3-11(15-10)9(14)6-13;1-2;2-1-4-3;;;/h1-5,7,9-10,17-18,20H,6,8,11-12H2;2,4-5,9,11,13-14H,1,3,6H2;1-2H3;1,3H;;;/q;;;;2*+1;-1/p-1. The van der Waals surface area contributed by atoms with E-state index in [2.05, 4.69) is 4.89 Å². The summed E-state index contributed by atoms with van der Waals surface area (Å²) in [6.07, 6.45) is 1.44. The van der Waals surface area contributed by atoms with Gasteiger partial charge in [-0.1, -0.05) is 44.2 Å². The number of aliphatic hydroxyl groups excluding tert-OH is 3. The van der Waals surface area contributed by atoms with Crippen molar-refractivity contribution < 1.29 is 114 Å². The van der Waals surface area contributed by atoms with Crippen molar-refractivity contribution in [1.29, 1.82) is 0 Å². The van der Waals surface area contributed by atoms with Gasteiger partial charge in [-0.05, 0) is 78.8 Å². The van der Waals surface area contributed by atoms with Crippen molar-refractivity contribution in [3.8, 4) is 11.5 Å². The van der Waals surface area contributed by atoms with Crippen LogP contribution in [0, 0.1) is 11.6 Å². The van der Waals surface area contributed by atoms with Crippen LogP contribution in [0.1, 0.15) is 44.8 Å². The number of rotatable bonds is 10. The minimum atomic E-state index is -0.872. The molecule has 3 aromatic carbocycles. The van der Waals surface area contributed by atoms with Crippen LogP contribution in [0.25, 0.3) is 0 Å². The second-order valence-corrected chi connectivity index (χ2v) is 9.35. The molecule has 0 saturated carbocycles. The summed E-state index contributed by atoms with van der Waals surface area (Å²) < 4.78 is 42.9. The fraction of sp³-hybridized carbons (Fsp3) is 0.406. The van der Waals surface area contributed by atoms with Crippen molar-refractivity contribution >= 4 is 6.47 Å². The fourth-order valence-electron chi connectivity index (χ4n) is 4.28. The zero-order valence-electron chi connectivity index (χ0n) is 27.2. The molecule has 1 fully saturated rings. The van der Waals surface area contributed by atoms with Gasteiger partial charge in [0.2, 0.25) is 0 Å². The summed E-state index contributed by atoms with van der Waals surface area (Å²) >= 11 is 0. The molecule has 1 saturated heterocycles. The molecule has 3 N–H and O–H groups in total. The Labute approximate surface area is 308 Å². The first-order valence-corrected chi connectivity index (χ1v) is 14.1. The third-order valence-corrected chi connectivity index (χ3v) is 6.48. The van der Waals surface area contributed by atoms with Crippen molar-refractivity contribution in [3.63, 3.8) is 0 Å². The number of ether oxygens (including phenoxy) is 3. The average molecular weight is 653 g/mol. The van der Waals surface area contributed by atoms with Gasteiger partial charge in [0, 0.05) is 0 Å². The van der Waals surface area contributed by atoms with Gasteiger partial charge in [-0.25, -0.2) is 8.78 Å². The Balaban J connectivity index is 0. The largest absolute Gasteiger partial charge is 1.00 e. The molecule has 2 aliphatic rings. The molecule has 45 heavy (non-hydrogen) atoms. The van der Waals surface area contributed by atoms with Crippen LogP contribution in [-0.4, -0.2) is 59.4 Å². The molecule has 3 aromatic rings. The number of benzene rings is 3. The number of epoxide rings is 1. The maximum absolute atomic E-state index is 13.5. The molecule has 238 valence electrons. The molecule has 4 atom stereocenters. The molecule has 0 radical (unpaired) electrons. The van der Waals surface area contributed by atoms with E-state index in [1.165, 1.54) is 24.3 Å². The van der Waals surface area contributed by atoms with E-state index in [0.29, 0.717) is 37.4 Å². The quantitative estimate of drug-likeness (QED) is 0.0716. The van der Waals surface area contributed by atoms with Crippen LogP contribution in [0.3, 0.4) is 0 Å². The zero-order chi connectivity index (χ0) is 31.6. The molecule has 4 unspecified atom stereocenters. The molecule has 13 heteroatoms. The van der Waals surface area contributed by atoms with E-state index >= 15 is 0 Å². The van der Waals surface area contributed by atoms with E-state index in [-0.39, 0.29) is 104 Å². The number of hydrogen-bond donors (Lipinski definition) is 3. The minimum absolute atomic E-state index is 0. The monoisotopic (exact) mass is 652 g/mol. The van der Waals surface area contributed by atoms with E-state index in [1.54, 1.807) is 12.1 Å². The summed E-state index contributed by atoms with van der Waals surface area (Å²) in [6, 6.07) is 18.8. The van der Waals surface area contributed by atoms with Crippen molar-refractivity contribution in [2.75, 3.05) is 13.2 Å². The molecule has 2 heterocycles. The summed E-state index contributed by atoms with van der Waals surface area (Å²) in [6.45, 7) is 4.01. The summed E-state index contributed by atoms with van der Waals surface area (Å²) in [5.41, 5.74) is 2.73. The van der Waals surface area contributed by atoms with Gasteiger partial charge in [-0.3, -0.25) is 4.79 Å². The normalized spacial score (nSPS) is 17.6. The van der Waals surface area contributed by atoms with Crippen LogP contribution in [0.4, 0.5) is 8.78 Å². The minimum Gasteiger partial charge on any atom is -1.00 e. The average Bonchev–Trinajstić information content (AvgIpc) is 3.83.